The maximum absolute atomic E-state index is 11.3. The highest BCUT2D eigenvalue weighted by atomic mass is 79.9. The monoisotopic (exact) mass is 256 g/mol. The molecule has 2 amide bonds. The Balaban J connectivity index is 2.48. The Hall–Kier alpha value is -1.36. The van der Waals surface area contributed by atoms with Gasteiger partial charge in [0.25, 0.3) is 5.91 Å². The van der Waals surface area contributed by atoms with Gasteiger partial charge in [-0.2, -0.15) is 0 Å². The molecule has 0 unspecified atom stereocenters. The van der Waals surface area contributed by atoms with Crippen molar-refractivity contribution in [2.45, 2.75) is 0 Å². The zero-order valence-corrected chi connectivity index (χ0v) is 8.87. The van der Waals surface area contributed by atoms with Gasteiger partial charge in [0.15, 0.2) is 0 Å². The van der Waals surface area contributed by atoms with Crippen LogP contribution in [0.25, 0.3) is 0 Å². The topological polar surface area (TPSA) is 58.2 Å². The van der Waals surface area contributed by atoms with Gasteiger partial charge in [-0.3, -0.25) is 20.4 Å². The Labute approximate surface area is 89.8 Å². The molecule has 0 saturated heterocycles. The van der Waals surface area contributed by atoms with Crippen molar-refractivity contribution in [2.24, 2.45) is 0 Å². The fourth-order valence-corrected chi connectivity index (χ4v) is 0.962. The molecule has 0 saturated carbocycles. The van der Waals surface area contributed by atoms with E-state index in [4.69, 9.17) is 0 Å². The van der Waals surface area contributed by atoms with Gasteiger partial charge in [0.05, 0.1) is 5.33 Å². The first-order chi connectivity index (χ1) is 6.74. The van der Waals surface area contributed by atoms with Crippen molar-refractivity contribution >= 4 is 27.7 Å². The highest BCUT2D eigenvalue weighted by Gasteiger charge is 2.04. The van der Waals surface area contributed by atoms with Crippen molar-refractivity contribution in [1.82, 2.24) is 10.9 Å². The molecule has 0 aromatic heterocycles. The number of rotatable bonds is 2. The molecule has 2 N–H and O–H groups in total. The minimum atomic E-state index is -0.333. The van der Waals surface area contributed by atoms with Crippen molar-refractivity contribution in [1.29, 1.82) is 0 Å². The second-order valence-electron chi connectivity index (χ2n) is 2.50. The largest absolute Gasteiger partial charge is 0.272 e. The summed E-state index contributed by atoms with van der Waals surface area (Å²) >= 11 is 2.96. The van der Waals surface area contributed by atoms with Gasteiger partial charge < -0.3 is 0 Å². The molecule has 1 aromatic carbocycles. The third-order valence-corrected chi connectivity index (χ3v) is 1.98. The van der Waals surface area contributed by atoms with Crippen molar-refractivity contribution in [3.8, 4) is 0 Å². The smallest absolute Gasteiger partial charge is 0.269 e. The minimum Gasteiger partial charge on any atom is -0.272 e. The van der Waals surface area contributed by atoms with Gasteiger partial charge in [-0.15, -0.1) is 0 Å². The standard InChI is InChI=1S/C9H9BrN2O2/c10-6-8(13)11-12-9(14)7-4-2-1-3-5-7/h1-5H,6H2,(H,11,13)(H,12,14). The van der Waals surface area contributed by atoms with Gasteiger partial charge >= 0.3 is 0 Å². The molecule has 1 rings (SSSR count). The van der Waals surface area contributed by atoms with Crippen LogP contribution < -0.4 is 10.9 Å². The van der Waals surface area contributed by atoms with E-state index < -0.39 is 0 Å². The first kappa shape index (κ1) is 10.7. The van der Waals surface area contributed by atoms with Crippen molar-refractivity contribution < 1.29 is 9.59 Å². The van der Waals surface area contributed by atoms with Crippen LogP contribution in [-0.4, -0.2) is 17.1 Å². The Morgan fingerprint density at radius 3 is 2.36 bits per heavy atom. The molecule has 0 heterocycles. The maximum atomic E-state index is 11.3. The molecular formula is C9H9BrN2O2. The van der Waals surface area contributed by atoms with E-state index in [2.05, 4.69) is 26.8 Å². The third-order valence-electron chi connectivity index (χ3n) is 1.47. The van der Waals surface area contributed by atoms with Gasteiger partial charge in [0.1, 0.15) is 0 Å². The molecule has 14 heavy (non-hydrogen) atoms. The van der Waals surface area contributed by atoms with Crippen LogP contribution in [0.1, 0.15) is 10.4 Å². The lowest BCUT2D eigenvalue weighted by molar-refractivity contribution is -0.119. The quantitative estimate of drug-likeness (QED) is 0.609. The number of alkyl halides is 1. The second-order valence-corrected chi connectivity index (χ2v) is 3.06. The number of nitrogens with one attached hydrogen (secondary N) is 2. The lowest BCUT2D eigenvalue weighted by Gasteiger charge is -2.04. The van der Waals surface area contributed by atoms with Crippen LogP contribution >= 0.6 is 15.9 Å². The molecule has 0 fully saturated rings. The number of carbonyl (C=O) groups is 2. The Bertz CT molecular complexity index is 327. The van der Waals surface area contributed by atoms with Crippen LogP contribution in [0.5, 0.6) is 0 Å². The number of hydrogen-bond donors (Lipinski definition) is 2. The summed E-state index contributed by atoms with van der Waals surface area (Å²) in [6.45, 7) is 0. The fourth-order valence-electron chi connectivity index (χ4n) is 0.822. The zero-order chi connectivity index (χ0) is 10.4. The van der Waals surface area contributed by atoms with Crippen molar-refractivity contribution in [3.05, 3.63) is 35.9 Å². The molecule has 4 nitrogen and oxygen atoms in total. The zero-order valence-electron chi connectivity index (χ0n) is 7.29. The van der Waals surface area contributed by atoms with E-state index in [-0.39, 0.29) is 17.1 Å². The first-order valence-electron chi connectivity index (χ1n) is 3.94. The molecule has 5 heteroatoms. The lowest BCUT2D eigenvalue weighted by Crippen LogP contribution is -2.42. The van der Waals surface area contributed by atoms with Gasteiger partial charge in [-0.25, -0.2) is 0 Å². The summed E-state index contributed by atoms with van der Waals surface area (Å²) in [7, 11) is 0. The first-order valence-corrected chi connectivity index (χ1v) is 5.06. The Morgan fingerprint density at radius 2 is 1.79 bits per heavy atom. The van der Waals surface area contributed by atoms with E-state index in [1.807, 2.05) is 6.07 Å². The number of amides is 2. The molecule has 74 valence electrons. The molecule has 0 spiro atoms. The highest BCUT2D eigenvalue weighted by molar-refractivity contribution is 9.09. The fraction of sp³-hybridized carbons (Fsp3) is 0.111. The van der Waals surface area contributed by atoms with Gasteiger partial charge in [0, 0.05) is 5.56 Å². The Morgan fingerprint density at radius 1 is 1.14 bits per heavy atom. The summed E-state index contributed by atoms with van der Waals surface area (Å²) in [5.41, 5.74) is 5.03. The van der Waals surface area contributed by atoms with Crippen molar-refractivity contribution in [2.75, 3.05) is 5.33 Å². The van der Waals surface area contributed by atoms with Crippen LogP contribution in [0.3, 0.4) is 0 Å². The van der Waals surface area contributed by atoms with E-state index in [1.54, 1.807) is 24.3 Å². The molecule has 1 aromatic rings. The second kappa shape index (κ2) is 5.39. The van der Waals surface area contributed by atoms with Crippen molar-refractivity contribution in [3.63, 3.8) is 0 Å². The molecule has 0 aliphatic carbocycles. The molecule has 0 aliphatic heterocycles. The predicted octanol–water partition coefficient (Wildman–Crippen LogP) is 0.842. The minimum absolute atomic E-state index is 0.155. The van der Waals surface area contributed by atoms with E-state index in [1.165, 1.54) is 0 Å². The SMILES string of the molecule is O=C(CBr)NNC(=O)c1ccccc1. The molecule has 0 radical (unpaired) electrons. The molecule has 0 bridgehead atoms. The van der Waals surface area contributed by atoms with E-state index in [0.29, 0.717) is 5.56 Å². The number of carbonyl (C=O) groups excluding carboxylic acids is 2. The summed E-state index contributed by atoms with van der Waals surface area (Å²) in [6.07, 6.45) is 0. The lowest BCUT2D eigenvalue weighted by atomic mass is 10.2. The highest BCUT2D eigenvalue weighted by Crippen LogP contribution is 1.96. The number of hydrazine groups is 1. The number of benzene rings is 1. The molecule has 0 aliphatic rings. The summed E-state index contributed by atoms with van der Waals surface area (Å²) in [5.74, 6) is -0.630. The average molecular weight is 257 g/mol. The van der Waals surface area contributed by atoms with Crippen LogP contribution in [0.4, 0.5) is 0 Å². The molecule has 0 atom stereocenters. The summed E-state index contributed by atoms with van der Waals surface area (Å²) < 4.78 is 0. The van der Waals surface area contributed by atoms with Gasteiger partial charge in [-0.1, -0.05) is 34.1 Å². The van der Waals surface area contributed by atoms with Gasteiger partial charge in [0.2, 0.25) is 5.91 Å². The average Bonchev–Trinajstić information content (AvgIpc) is 2.26. The van der Waals surface area contributed by atoms with Crippen LogP contribution in [0.15, 0.2) is 30.3 Å². The summed E-state index contributed by atoms with van der Waals surface area (Å²) in [6, 6.07) is 8.64. The summed E-state index contributed by atoms with van der Waals surface area (Å²) in [4.78, 5) is 22.1. The van der Waals surface area contributed by atoms with Gasteiger partial charge in [-0.05, 0) is 12.1 Å². The van der Waals surface area contributed by atoms with E-state index in [0.717, 1.165) is 0 Å². The van der Waals surface area contributed by atoms with Crippen LogP contribution in [0, 0.1) is 0 Å². The maximum Gasteiger partial charge on any atom is 0.269 e. The van der Waals surface area contributed by atoms with E-state index in [9.17, 15) is 9.59 Å². The number of halogens is 1. The normalized spacial score (nSPS) is 9.21. The molecular weight excluding hydrogens is 248 g/mol. The van der Waals surface area contributed by atoms with E-state index >= 15 is 0 Å². The Kier molecular flexibility index (Phi) is 4.12. The third kappa shape index (κ3) is 3.18. The van der Waals surface area contributed by atoms with Crippen LogP contribution in [0.2, 0.25) is 0 Å². The summed E-state index contributed by atoms with van der Waals surface area (Å²) in [5, 5.41) is 0.155. The predicted molar refractivity (Wildman–Crippen MR) is 55.8 cm³/mol. The number of hydrogen-bond acceptors (Lipinski definition) is 2. The van der Waals surface area contributed by atoms with Crippen LogP contribution in [-0.2, 0) is 4.79 Å².